The number of carbonyl (C=O) groups excluding carboxylic acids is 2. The van der Waals surface area contributed by atoms with Crippen LogP contribution in [0.25, 0.3) is 0 Å². The molecule has 144 valence electrons. The highest BCUT2D eigenvalue weighted by molar-refractivity contribution is 6.00. The van der Waals surface area contributed by atoms with Crippen molar-refractivity contribution in [3.63, 3.8) is 0 Å². The van der Waals surface area contributed by atoms with Crippen LogP contribution < -0.4 is 11.2 Å². The Kier molecular flexibility index (Phi) is 4.47. The van der Waals surface area contributed by atoms with E-state index in [0.717, 1.165) is 17.4 Å². The quantitative estimate of drug-likeness (QED) is 0.762. The second-order valence-corrected chi connectivity index (χ2v) is 7.09. The van der Waals surface area contributed by atoms with Crippen LogP contribution in [0.2, 0.25) is 0 Å². The first-order valence-electron chi connectivity index (χ1n) is 9.28. The van der Waals surface area contributed by atoms with Gasteiger partial charge in [0, 0.05) is 37.1 Å². The summed E-state index contributed by atoms with van der Waals surface area (Å²) in [5, 5.41) is 9.31. The van der Waals surface area contributed by atoms with E-state index in [2.05, 4.69) is 4.98 Å². The van der Waals surface area contributed by atoms with Crippen LogP contribution in [0.5, 0.6) is 0 Å². The zero-order chi connectivity index (χ0) is 19.8. The van der Waals surface area contributed by atoms with Crippen molar-refractivity contribution in [3.05, 3.63) is 55.6 Å². The minimum atomic E-state index is -0.738. The molecule has 0 spiro atoms. The van der Waals surface area contributed by atoms with Gasteiger partial charge in [0.15, 0.2) is 5.78 Å². The van der Waals surface area contributed by atoms with Gasteiger partial charge in [-0.05, 0) is 31.7 Å². The fourth-order valence-corrected chi connectivity index (χ4v) is 3.89. The average molecular weight is 381 g/mol. The molecule has 1 saturated heterocycles. The minimum absolute atomic E-state index is 0.0798. The number of Topliss-reactive ketones (excluding diaryl/α,β-unsaturated/α-hetero) is 1. The van der Waals surface area contributed by atoms with Crippen molar-refractivity contribution >= 4 is 11.7 Å². The van der Waals surface area contributed by atoms with Crippen molar-refractivity contribution in [1.29, 1.82) is 5.26 Å². The molecule has 0 saturated carbocycles. The number of hydrogen-bond acceptors (Lipinski definition) is 5. The molecular weight excluding hydrogens is 362 g/mol. The lowest BCUT2D eigenvalue weighted by molar-refractivity contribution is 0.0787. The average Bonchev–Trinajstić information content (AvgIpc) is 3.45. The summed E-state index contributed by atoms with van der Waals surface area (Å²) < 4.78 is 2.21. The Labute approximate surface area is 159 Å². The number of nitriles is 1. The Morgan fingerprint density at radius 2 is 1.89 bits per heavy atom. The van der Waals surface area contributed by atoms with Gasteiger partial charge in [-0.25, -0.2) is 4.79 Å². The lowest BCUT2D eigenvalue weighted by Crippen LogP contribution is -2.43. The van der Waals surface area contributed by atoms with Crippen molar-refractivity contribution in [1.82, 2.24) is 19.0 Å². The molecule has 0 aromatic carbocycles. The fraction of sp³-hybridized carbons (Fsp3) is 0.421. The van der Waals surface area contributed by atoms with Crippen LogP contribution in [-0.2, 0) is 19.5 Å². The molecule has 0 atom stereocenters. The molecule has 9 heteroatoms. The molecule has 2 aliphatic rings. The third-order valence-corrected chi connectivity index (χ3v) is 5.37. The summed E-state index contributed by atoms with van der Waals surface area (Å²) in [6.07, 6.45) is 4.52. The maximum atomic E-state index is 12.6. The van der Waals surface area contributed by atoms with Gasteiger partial charge in [0.2, 0.25) is 0 Å². The molecule has 4 heterocycles. The number of aromatic nitrogens is 3. The van der Waals surface area contributed by atoms with Gasteiger partial charge in [0.25, 0.3) is 11.5 Å². The molecule has 1 fully saturated rings. The van der Waals surface area contributed by atoms with Crippen LogP contribution in [0.15, 0.2) is 21.9 Å². The number of nitrogens with one attached hydrogen (secondary N) is 1. The SMILES string of the molecule is N#Cc1c2n(c(=O)n(CC(=O)c3c[nH]c(C(=O)N4CCCC4)c3)c1=O)CCC2. The van der Waals surface area contributed by atoms with E-state index in [1.165, 1.54) is 16.8 Å². The Morgan fingerprint density at radius 1 is 1.14 bits per heavy atom. The maximum absolute atomic E-state index is 12.6. The summed E-state index contributed by atoms with van der Waals surface area (Å²) in [6.45, 7) is 1.34. The third kappa shape index (κ3) is 2.87. The molecule has 28 heavy (non-hydrogen) atoms. The molecule has 1 N–H and O–H groups in total. The van der Waals surface area contributed by atoms with Crippen LogP contribution >= 0.6 is 0 Å². The lowest BCUT2D eigenvalue weighted by atomic mass is 10.2. The number of H-pyrrole nitrogens is 1. The Hall–Kier alpha value is -3.41. The van der Waals surface area contributed by atoms with E-state index in [4.69, 9.17) is 0 Å². The first kappa shape index (κ1) is 18.0. The number of fused-ring (bicyclic) bond motifs is 1. The highest BCUT2D eigenvalue weighted by Crippen LogP contribution is 2.15. The van der Waals surface area contributed by atoms with Crippen LogP contribution in [0.3, 0.4) is 0 Å². The van der Waals surface area contributed by atoms with E-state index in [-0.39, 0.29) is 17.0 Å². The topological polar surface area (TPSA) is 121 Å². The highest BCUT2D eigenvalue weighted by atomic mass is 16.2. The first-order valence-corrected chi connectivity index (χ1v) is 9.28. The van der Waals surface area contributed by atoms with Crippen molar-refractivity contribution in [2.75, 3.05) is 13.1 Å². The van der Waals surface area contributed by atoms with E-state index in [1.807, 2.05) is 6.07 Å². The molecule has 2 aromatic heterocycles. The van der Waals surface area contributed by atoms with Crippen LogP contribution in [-0.4, -0.2) is 43.8 Å². The summed E-state index contributed by atoms with van der Waals surface area (Å²) in [6, 6.07) is 3.31. The monoisotopic (exact) mass is 381 g/mol. The Morgan fingerprint density at radius 3 is 2.61 bits per heavy atom. The zero-order valence-corrected chi connectivity index (χ0v) is 15.2. The van der Waals surface area contributed by atoms with Gasteiger partial charge >= 0.3 is 5.69 Å². The van der Waals surface area contributed by atoms with Crippen LogP contribution in [0, 0.1) is 11.3 Å². The molecule has 2 aliphatic heterocycles. The zero-order valence-electron chi connectivity index (χ0n) is 15.2. The second-order valence-electron chi connectivity index (χ2n) is 7.09. The summed E-state index contributed by atoms with van der Waals surface area (Å²) in [7, 11) is 0. The molecule has 0 unspecified atom stereocenters. The number of likely N-dealkylation sites (tertiary alicyclic amines) is 1. The molecule has 4 rings (SSSR count). The molecule has 0 bridgehead atoms. The van der Waals surface area contributed by atoms with Crippen molar-refractivity contribution in [2.45, 2.75) is 38.8 Å². The van der Waals surface area contributed by atoms with Gasteiger partial charge in [0.05, 0.1) is 6.54 Å². The fourth-order valence-electron chi connectivity index (χ4n) is 3.89. The summed E-state index contributed by atoms with van der Waals surface area (Å²) in [5.41, 5.74) is -0.421. The molecule has 0 radical (unpaired) electrons. The molecule has 2 aromatic rings. The number of nitrogens with zero attached hydrogens (tertiary/aromatic N) is 4. The lowest BCUT2D eigenvalue weighted by Gasteiger charge is -2.13. The second kappa shape index (κ2) is 6.96. The van der Waals surface area contributed by atoms with E-state index >= 15 is 0 Å². The normalized spacial score (nSPS) is 15.5. The van der Waals surface area contributed by atoms with Gasteiger partial charge in [-0.1, -0.05) is 0 Å². The largest absolute Gasteiger partial charge is 0.356 e. The highest BCUT2D eigenvalue weighted by Gasteiger charge is 2.25. The van der Waals surface area contributed by atoms with Crippen LogP contribution in [0.4, 0.5) is 0 Å². The van der Waals surface area contributed by atoms with Crippen LogP contribution in [0.1, 0.15) is 51.4 Å². The minimum Gasteiger partial charge on any atom is -0.356 e. The van der Waals surface area contributed by atoms with E-state index in [1.54, 1.807) is 4.90 Å². The number of amides is 1. The number of rotatable bonds is 4. The summed E-state index contributed by atoms with van der Waals surface area (Å²) >= 11 is 0. The van der Waals surface area contributed by atoms with Gasteiger partial charge in [-0.15, -0.1) is 0 Å². The van der Waals surface area contributed by atoms with Gasteiger partial charge in [-0.2, -0.15) is 5.26 Å². The molecular formula is C19H19N5O4. The smallest absolute Gasteiger partial charge is 0.331 e. The van der Waals surface area contributed by atoms with Gasteiger partial charge in [0.1, 0.15) is 17.3 Å². The summed E-state index contributed by atoms with van der Waals surface area (Å²) in [5.74, 6) is -0.642. The first-order chi connectivity index (χ1) is 13.5. The third-order valence-electron chi connectivity index (χ3n) is 5.37. The molecule has 9 nitrogen and oxygen atoms in total. The number of ketones is 1. The van der Waals surface area contributed by atoms with Gasteiger partial charge < -0.3 is 9.88 Å². The number of aromatic amines is 1. The summed E-state index contributed by atoms with van der Waals surface area (Å²) in [4.78, 5) is 54.7. The van der Waals surface area contributed by atoms with E-state index in [0.29, 0.717) is 43.9 Å². The van der Waals surface area contributed by atoms with E-state index < -0.39 is 23.6 Å². The number of carbonyl (C=O) groups is 2. The Balaban J connectivity index is 1.62. The predicted molar refractivity (Wildman–Crippen MR) is 98.3 cm³/mol. The predicted octanol–water partition coefficient (Wildman–Crippen LogP) is 0.275. The Bertz CT molecular complexity index is 1120. The molecule has 1 amide bonds. The van der Waals surface area contributed by atoms with Crippen molar-refractivity contribution in [2.24, 2.45) is 0 Å². The standard InChI is InChI=1S/C19H19N5O4/c20-9-13-15-4-3-7-23(15)19(28)24(17(13)26)11-16(25)12-8-14(21-10-12)18(27)22-5-1-2-6-22/h8,10,21H,1-7,11H2. The van der Waals surface area contributed by atoms with Crippen molar-refractivity contribution in [3.8, 4) is 6.07 Å². The molecule has 0 aliphatic carbocycles. The van der Waals surface area contributed by atoms with Gasteiger partial charge in [-0.3, -0.25) is 23.5 Å². The van der Waals surface area contributed by atoms with Crippen molar-refractivity contribution < 1.29 is 9.59 Å². The van der Waals surface area contributed by atoms with E-state index in [9.17, 15) is 24.4 Å². The number of hydrogen-bond donors (Lipinski definition) is 1. The maximum Gasteiger partial charge on any atom is 0.331 e.